The summed E-state index contributed by atoms with van der Waals surface area (Å²) < 4.78 is 0. The van der Waals surface area contributed by atoms with Crippen LogP contribution in [0, 0.1) is 17.8 Å². The topological polar surface area (TPSA) is 32.3 Å². The van der Waals surface area contributed by atoms with Crippen molar-refractivity contribution in [2.24, 2.45) is 5.92 Å². The average Bonchev–Trinajstić information content (AvgIpc) is 2.30. The molecule has 0 aliphatic carbocycles. The van der Waals surface area contributed by atoms with Crippen molar-refractivity contribution < 1.29 is 4.79 Å². The first-order valence-electron chi connectivity index (χ1n) is 4.66. The smallest absolute Gasteiger partial charge is 0.298 e. The van der Waals surface area contributed by atoms with Gasteiger partial charge in [-0.15, -0.1) is 0 Å². The van der Waals surface area contributed by atoms with Gasteiger partial charge in [-0.3, -0.25) is 4.79 Å². The molecule has 0 spiro atoms. The van der Waals surface area contributed by atoms with Crippen LogP contribution < -0.4 is 5.32 Å². The molecule has 3 nitrogen and oxygen atoms in total. The summed E-state index contributed by atoms with van der Waals surface area (Å²) in [6, 6.07) is 0. The van der Waals surface area contributed by atoms with Crippen LogP contribution in [0.5, 0.6) is 0 Å². The van der Waals surface area contributed by atoms with Crippen molar-refractivity contribution in [2.45, 2.75) is 13.8 Å². The summed E-state index contributed by atoms with van der Waals surface area (Å²) >= 11 is 0. The Morgan fingerprint density at radius 2 is 2.38 bits per heavy atom. The van der Waals surface area contributed by atoms with Crippen molar-refractivity contribution in [3.63, 3.8) is 0 Å². The summed E-state index contributed by atoms with van der Waals surface area (Å²) in [4.78, 5) is 13.2. The lowest BCUT2D eigenvalue weighted by atomic mass is 10.2. The summed E-state index contributed by atoms with van der Waals surface area (Å²) in [5.74, 6) is 5.69. The van der Waals surface area contributed by atoms with Gasteiger partial charge < -0.3 is 10.2 Å². The molecule has 1 atom stereocenters. The second-order valence-corrected chi connectivity index (χ2v) is 3.44. The number of amides is 1. The van der Waals surface area contributed by atoms with Crippen LogP contribution in [-0.2, 0) is 4.79 Å². The Kier molecular flexibility index (Phi) is 3.78. The van der Waals surface area contributed by atoms with Crippen LogP contribution >= 0.6 is 0 Å². The molecule has 1 fully saturated rings. The molecular formula is C10H16N2O. The van der Waals surface area contributed by atoms with E-state index >= 15 is 0 Å². The van der Waals surface area contributed by atoms with E-state index < -0.39 is 0 Å². The molecule has 1 saturated heterocycles. The Hall–Kier alpha value is -1.01. The third kappa shape index (κ3) is 3.08. The van der Waals surface area contributed by atoms with Crippen LogP contribution in [0.2, 0.25) is 0 Å². The third-order valence-corrected chi connectivity index (χ3v) is 2.10. The molecule has 0 saturated carbocycles. The molecular weight excluding hydrogens is 164 g/mol. The largest absolute Gasteiger partial charge is 0.330 e. The maximum atomic E-state index is 11.4. The van der Waals surface area contributed by atoms with Gasteiger partial charge in [0.25, 0.3) is 5.91 Å². The summed E-state index contributed by atoms with van der Waals surface area (Å²) in [6.07, 6.45) is 0. The van der Waals surface area contributed by atoms with Gasteiger partial charge in [0.15, 0.2) is 0 Å². The molecule has 1 aliphatic rings. The van der Waals surface area contributed by atoms with Crippen LogP contribution in [0.25, 0.3) is 0 Å². The molecule has 72 valence electrons. The van der Waals surface area contributed by atoms with Crippen molar-refractivity contribution in [1.82, 2.24) is 10.2 Å². The minimum absolute atomic E-state index is 0.0435. The summed E-state index contributed by atoms with van der Waals surface area (Å²) in [6.45, 7) is 7.29. The highest BCUT2D eigenvalue weighted by molar-refractivity contribution is 5.93. The van der Waals surface area contributed by atoms with Crippen LogP contribution in [0.15, 0.2) is 0 Å². The van der Waals surface area contributed by atoms with Crippen LogP contribution in [0.1, 0.15) is 13.8 Å². The molecule has 1 amide bonds. The molecule has 13 heavy (non-hydrogen) atoms. The highest BCUT2D eigenvalue weighted by Gasteiger charge is 2.17. The molecule has 1 N–H and O–H groups in total. The highest BCUT2D eigenvalue weighted by atomic mass is 16.2. The number of carbonyl (C=O) groups is 1. The lowest BCUT2D eigenvalue weighted by Crippen LogP contribution is -2.34. The number of hydrogen-bond donors (Lipinski definition) is 1. The Morgan fingerprint density at radius 3 is 3.08 bits per heavy atom. The van der Waals surface area contributed by atoms with E-state index in [9.17, 15) is 4.79 Å². The lowest BCUT2D eigenvalue weighted by Gasteiger charge is -2.19. The van der Waals surface area contributed by atoms with Crippen molar-refractivity contribution in [3.05, 3.63) is 0 Å². The number of hydrogen-bond acceptors (Lipinski definition) is 2. The maximum absolute atomic E-state index is 11.4. The normalized spacial score (nSPS) is 22.9. The van der Waals surface area contributed by atoms with E-state index in [0.717, 1.165) is 26.2 Å². The van der Waals surface area contributed by atoms with E-state index in [1.54, 1.807) is 6.92 Å². The SMILES string of the molecule is CC#CC(=O)N1CCNCC(C)C1. The zero-order chi connectivity index (χ0) is 9.68. The van der Waals surface area contributed by atoms with Crippen molar-refractivity contribution in [2.75, 3.05) is 26.2 Å². The number of nitrogens with zero attached hydrogens (tertiary/aromatic N) is 1. The Morgan fingerprint density at radius 1 is 1.62 bits per heavy atom. The minimum atomic E-state index is -0.0435. The predicted molar refractivity (Wildman–Crippen MR) is 52.1 cm³/mol. The summed E-state index contributed by atoms with van der Waals surface area (Å²) in [7, 11) is 0. The van der Waals surface area contributed by atoms with Crippen LogP contribution in [0.3, 0.4) is 0 Å². The van der Waals surface area contributed by atoms with E-state index in [4.69, 9.17) is 0 Å². The number of nitrogens with one attached hydrogen (secondary N) is 1. The van der Waals surface area contributed by atoms with Crippen LogP contribution in [-0.4, -0.2) is 37.0 Å². The Labute approximate surface area is 79.5 Å². The summed E-state index contributed by atoms with van der Waals surface area (Å²) in [5.41, 5.74) is 0. The van der Waals surface area contributed by atoms with Gasteiger partial charge in [-0.2, -0.15) is 0 Å². The zero-order valence-corrected chi connectivity index (χ0v) is 8.26. The fourth-order valence-corrected chi connectivity index (χ4v) is 1.46. The number of carbonyl (C=O) groups excluding carboxylic acids is 1. The monoisotopic (exact) mass is 180 g/mol. The fourth-order valence-electron chi connectivity index (χ4n) is 1.46. The molecule has 1 heterocycles. The van der Waals surface area contributed by atoms with Gasteiger partial charge >= 0.3 is 0 Å². The van der Waals surface area contributed by atoms with Gasteiger partial charge in [-0.1, -0.05) is 12.8 Å². The van der Waals surface area contributed by atoms with Crippen molar-refractivity contribution in [1.29, 1.82) is 0 Å². The zero-order valence-electron chi connectivity index (χ0n) is 8.26. The maximum Gasteiger partial charge on any atom is 0.298 e. The van der Waals surface area contributed by atoms with E-state index in [1.165, 1.54) is 0 Å². The molecule has 0 aromatic carbocycles. The van der Waals surface area contributed by atoms with Gasteiger partial charge in [0.2, 0.25) is 0 Å². The predicted octanol–water partition coefficient (Wildman–Crippen LogP) is 0.0776. The number of rotatable bonds is 0. The summed E-state index contributed by atoms with van der Waals surface area (Å²) in [5, 5.41) is 3.28. The van der Waals surface area contributed by atoms with Gasteiger partial charge in [0.1, 0.15) is 0 Å². The van der Waals surface area contributed by atoms with Crippen LogP contribution in [0.4, 0.5) is 0 Å². The van der Waals surface area contributed by atoms with E-state index in [2.05, 4.69) is 24.1 Å². The average molecular weight is 180 g/mol. The quantitative estimate of drug-likeness (QED) is 0.535. The molecule has 0 aromatic rings. The first kappa shape index (κ1) is 10.1. The fraction of sp³-hybridized carbons (Fsp3) is 0.700. The van der Waals surface area contributed by atoms with Crippen molar-refractivity contribution >= 4 is 5.91 Å². The second-order valence-electron chi connectivity index (χ2n) is 3.44. The Bertz CT molecular complexity index is 239. The van der Waals surface area contributed by atoms with Crippen molar-refractivity contribution in [3.8, 4) is 11.8 Å². The molecule has 3 heteroatoms. The van der Waals surface area contributed by atoms with Gasteiger partial charge in [-0.05, 0) is 25.3 Å². The lowest BCUT2D eigenvalue weighted by molar-refractivity contribution is -0.125. The first-order chi connectivity index (χ1) is 6.24. The molecule has 0 aromatic heterocycles. The molecule has 1 rings (SSSR count). The molecule has 1 aliphatic heterocycles. The molecule has 0 radical (unpaired) electrons. The van der Waals surface area contributed by atoms with E-state index in [-0.39, 0.29) is 5.91 Å². The first-order valence-corrected chi connectivity index (χ1v) is 4.66. The Balaban J connectivity index is 2.55. The van der Waals surface area contributed by atoms with Gasteiger partial charge in [0.05, 0.1) is 0 Å². The second kappa shape index (κ2) is 4.88. The third-order valence-electron chi connectivity index (χ3n) is 2.10. The van der Waals surface area contributed by atoms with E-state index in [1.807, 2.05) is 4.90 Å². The van der Waals surface area contributed by atoms with Gasteiger partial charge in [-0.25, -0.2) is 0 Å². The molecule has 0 bridgehead atoms. The highest BCUT2D eigenvalue weighted by Crippen LogP contribution is 2.02. The molecule has 1 unspecified atom stereocenters. The standard InChI is InChI=1S/C10H16N2O/c1-3-4-10(13)12-6-5-11-7-9(2)8-12/h9,11H,5-8H2,1-2H3. The minimum Gasteiger partial charge on any atom is -0.330 e. The van der Waals surface area contributed by atoms with Gasteiger partial charge in [0, 0.05) is 19.6 Å². The van der Waals surface area contributed by atoms with E-state index in [0.29, 0.717) is 5.92 Å².